The third-order valence-corrected chi connectivity index (χ3v) is 2.13. The van der Waals surface area contributed by atoms with E-state index < -0.39 is 0 Å². The van der Waals surface area contributed by atoms with E-state index in [9.17, 15) is 4.79 Å². The molecule has 88 valence electrons. The summed E-state index contributed by atoms with van der Waals surface area (Å²) in [6, 6.07) is -0.205. The van der Waals surface area contributed by atoms with Gasteiger partial charge in [-0.05, 0) is 20.3 Å². The van der Waals surface area contributed by atoms with Gasteiger partial charge in [0.05, 0.1) is 0 Å². The Balaban J connectivity index is 3.24. The fourth-order valence-corrected chi connectivity index (χ4v) is 1.34. The van der Waals surface area contributed by atoms with E-state index in [2.05, 4.69) is 17.2 Å². The summed E-state index contributed by atoms with van der Waals surface area (Å²) < 4.78 is 0. The van der Waals surface area contributed by atoms with Crippen molar-refractivity contribution in [1.82, 2.24) is 5.32 Å². The summed E-state index contributed by atoms with van der Waals surface area (Å²) in [7, 11) is 0. The van der Waals surface area contributed by atoms with Gasteiger partial charge in [-0.1, -0.05) is 39.0 Å². The van der Waals surface area contributed by atoms with Crippen molar-refractivity contribution in [2.45, 2.75) is 59.3 Å². The lowest BCUT2D eigenvalue weighted by Gasteiger charge is -2.02. The number of rotatable bonds is 7. The molecule has 2 amide bonds. The Bertz CT molecular complexity index is 196. The highest BCUT2D eigenvalue weighted by atomic mass is 16.2. The minimum absolute atomic E-state index is 0.205. The highest BCUT2D eigenvalue weighted by molar-refractivity contribution is 5.92. The topological polar surface area (TPSA) is 41.5 Å². The number of carbonyl (C=O) groups is 1. The summed E-state index contributed by atoms with van der Waals surface area (Å²) in [4.78, 5) is 14.9. The van der Waals surface area contributed by atoms with Crippen LogP contribution in [0.5, 0.6) is 0 Å². The molecule has 3 heteroatoms. The number of unbranched alkanes of at least 4 members (excludes halogenated alkanes) is 5. The van der Waals surface area contributed by atoms with Gasteiger partial charge in [-0.25, -0.2) is 9.79 Å². The molecule has 0 unspecified atom stereocenters. The van der Waals surface area contributed by atoms with Crippen LogP contribution in [0.1, 0.15) is 59.3 Å². The molecule has 0 aliphatic rings. The lowest BCUT2D eigenvalue weighted by Crippen LogP contribution is -2.21. The molecular formula is C12H24N2O. The van der Waals surface area contributed by atoms with Crippen LogP contribution >= 0.6 is 0 Å². The number of amides is 2. The second-order valence-electron chi connectivity index (χ2n) is 4.06. The average molecular weight is 212 g/mol. The Labute approximate surface area is 93.4 Å². The molecule has 0 aromatic rings. The first-order valence-corrected chi connectivity index (χ1v) is 5.96. The molecule has 1 N–H and O–H groups in total. The Morgan fingerprint density at radius 2 is 1.67 bits per heavy atom. The molecule has 0 saturated heterocycles. The van der Waals surface area contributed by atoms with Crippen LogP contribution in [0.4, 0.5) is 4.79 Å². The second kappa shape index (κ2) is 9.69. The van der Waals surface area contributed by atoms with E-state index in [0.717, 1.165) is 18.7 Å². The van der Waals surface area contributed by atoms with Crippen molar-refractivity contribution in [2.75, 3.05) is 6.54 Å². The van der Waals surface area contributed by atoms with Crippen LogP contribution in [0.15, 0.2) is 4.99 Å². The smallest absolute Gasteiger partial charge is 0.336 e. The fraction of sp³-hybridized carbons (Fsp3) is 0.833. The Morgan fingerprint density at radius 1 is 1.07 bits per heavy atom. The van der Waals surface area contributed by atoms with Gasteiger partial charge in [-0.2, -0.15) is 0 Å². The van der Waals surface area contributed by atoms with Gasteiger partial charge >= 0.3 is 6.03 Å². The fourth-order valence-electron chi connectivity index (χ4n) is 1.34. The molecule has 0 spiro atoms. The Kier molecular flexibility index (Phi) is 9.13. The van der Waals surface area contributed by atoms with E-state index in [0.29, 0.717) is 0 Å². The Morgan fingerprint density at radius 3 is 2.27 bits per heavy atom. The first kappa shape index (κ1) is 14.1. The maximum absolute atomic E-state index is 11.1. The average Bonchev–Trinajstić information content (AvgIpc) is 2.15. The number of nitrogens with zero attached hydrogens (tertiary/aromatic N) is 1. The van der Waals surface area contributed by atoms with E-state index in [1.54, 1.807) is 0 Å². The zero-order valence-corrected chi connectivity index (χ0v) is 10.3. The van der Waals surface area contributed by atoms with Gasteiger partial charge in [0.1, 0.15) is 0 Å². The van der Waals surface area contributed by atoms with Crippen LogP contribution < -0.4 is 5.32 Å². The van der Waals surface area contributed by atoms with Crippen molar-refractivity contribution in [3.63, 3.8) is 0 Å². The van der Waals surface area contributed by atoms with Crippen LogP contribution in [0.2, 0.25) is 0 Å². The zero-order valence-electron chi connectivity index (χ0n) is 10.3. The molecule has 0 aliphatic carbocycles. The molecule has 0 saturated carbocycles. The molecular weight excluding hydrogens is 188 g/mol. The van der Waals surface area contributed by atoms with Gasteiger partial charge in [-0.3, -0.25) is 0 Å². The summed E-state index contributed by atoms with van der Waals surface area (Å²) in [6.45, 7) is 6.61. The van der Waals surface area contributed by atoms with Crippen LogP contribution in [-0.4, -0.2) is 18.3 Å². The first-order valence-electron chi connectivity index (χ1n) is 5.96. The molecule has 0 radical (unpaired) electrons. The number of nitrogens with one attached hydrogen (secondary N) is 1. The standard InChI is InChI=1S/C12H24N2O/c1-4-5-6-7-8-9-10-13-12(15)14-11(2)3/h4-10H2,1-3H3,(H,13,15). The third kappa shape index (κ3) is 11.1. The van der Waals surface area contributed by atoms with Gasteiger partial charge in [0.25, 0.3) is 0 Å². The maximum atomic E-state index is 11.1. The van der Waals surface area contributed by atoms with E-state index in [4.69, 9.17) is 0 Å². The van der Waals surface area contributed by atoms with E-state index >= 15 is 0 Å². The Hall–Kier alpha value is -0.860. The first-order chi connectivity index (χ1) is 7.16. The normalized spacial score (nSPS) is 9.80. The van der Waals surface area contributed by atoms with Gasteiger partial charge in [0, 0.05) is 12.3 Å². The highest BCUT2D eigenvalue weighted by Crippen LogP contribution is 2.03. The molecule has 0 bridgehead atoms. The highest BCUT2D eigenvalue weighted by Gasteiger charge is 1.96. The molecule has 0 aromatic heterocycles. The van der Waals surface area contributed by atoms with Crippen LogP contribution in [0.25, 0.3) is 0 Å². The van der Waals surface area contributed by atoms with E-state index in [1.807, 2.05) is 13.8 Å². The molecule has 0 fully saturated rings. The van der Waals surface area contributed by atoms with Crippen LogP contribution in [0.3, 0.4) is 0 Å². The number of urea groups is 1. The SMILES string of the molecule is CCCCCCCCNC(=O)N=C(C)C. The molecule has 15 heavy (non-hydrogen) atoms. The van der Waals surface area contributed by atoms with Crippen molar-refractivity contribution >= 4 is 11.7 Å². The number of hydrogen-bond acceptors (Lipinski definition) is 1. The van der Waals surface area contributed by atoms with Crippen molar-refractivity contribution in [1.29, 1.82) is 0 Å². The van der Waals surface area contributed by atoms with Gasteiger partial charge in [0.15, 0.2) is 0 Å². The molecule has 0 atom stereocenters. The zero-order chi connectivity index (χ0) is 11.5. The predicted molar refractivity (Wildman–Crippen MR) is 65.6 cm³/mol. The molecule has 3 nitrogen and oxygen atoms in total. The summed E-state index contributed by atoms with van der Waals surface area (Å²) >= 11 is 0. The van der Waals surface area contributed by atoms with Crippen molar-refractivity contribution in [3.05, 3.63) is 0 Å². The van der Waals surface area contributed by atoms with E-state index in [-0.39, 0.29) is 6.03 Å². The lowest BCUT2D eigenvalue weighted by atomic mass is 10.1. The van der Waals surface area contributed by atoms with Crippen molar-refractivity contribution in [3.8, 4) is 0 Å². The van der Waals surface area contributed by atoms with E-state index in [1.165, 1.54) is 32.1 Å². The van der Waals surface area contributed by atoms with Crippen molar-refractivity contribution < 1.29 is 4.79 Å². The third-order valence-electron chi connectivity index (χ3n) is 2.13. The quantitative estimate of drug-likeness (QED) is 0.509. The van der Waals surface area contributed by atoms with Gasteiger partial charge in [0.2, 0.25) is 0 Å². The number of hydrogen-bond donors (Lipinski definition) is 1. The van der Waals surface area contributed by atoms with Crippen LogP contribution in [-0.2, 0) is 0 Å². The summed E-state index contributed by atoms with van der Waals surface area (Å²) in [5, 5.41) is 2.78. The largest absolute Gasteiger partial charge is 0.340 e. The summed E-state index contributed by atoms with van der Waals surface area (Å²) in [5.41, 5.74) is 0.801. The van der Waals surface area contributed by atoms with Crippen LogP contribution in [0, 0.1) is 0 Å². The molecule has 0 aliphatic heterocycles. The molecule has 0 aromatic carbocycles. The predicted octanol–water partition coefficient (Wildman–Crippen LogP) is 3.54. The number of aliphatic imine (C=N–C) groups is 1. The minimum Gasteiger partial charge on any atom is -0.336 e. The minimum atomic E-state index is -0.205. The molecule has 0 rings (SSSR count). The van der Waals surface area contributed by atoms with Gasteiger partial charge in [-0.15, -0.1) is 0 Å². The molecule has 0 heterocycles. The van der Waals surface area contributed by atoms with Crippen molar-refractivity contribution in [2.24, 2.45) is 4.99 Å². The number of carbonyl (C=O) groups excluding carboxylic acids is 1. The summed E-state index contributed by atoms with van der Waals surface area (Å²) in [5.74, 6) is 0. The van der Waals surface area contributed by atoms with Gasteiger partial charge < -0.3 is 5.32 Å². The second-order valence-corrected chi connectivity index (χ2v) is 4.06. The monoisotopic (exact) mass is 212 g/mol. The maximum Gasteiger partial charge on any atom is 0.340 e. The lowest BCUT2D eigenvalue weighted by molar-refractivity contribution is 0.249. The summed E-state index contributed by atoms with van der Waals surface area (Å²) in [6.07, 6.45) is 7.46.